The van der Waals surface area contributed by atoms with Crippen molar-refractivity contribution in [3.8, 4) is 5.75 Å². The van der Waals surface area contributed by atoms with Gasteiger partial charge >= 0.3 is 0 Å². The molecule has 142 valence electrons. The summed E-state index contributed by atoms with van der Waals surface area (Å²) in [5.41, 5.74) is 0.990. The fraction of sp³-hybridized carbons (Fsp3) is 0.667. The van der Waals surface area contributed by atoms with Crippen LogP contribution in [0.5, 0.6) is 5.75 Å². The monoisotopic (exact) mass is 364 g/mol. The minimum atomic E-state index is 0.686. The lowest BCUT2D eigenvalue weighted by Crippen LogP contribution is -2.29. The normalized spacial score (nSPS) is 10.5. The lowest BCUT2D eigenvalue weighted by Gasteiger charge is -2.11. The summed E-state index contributed by atoms with van der Waals surface area (Å²) in [4.78, 5) is 0. The van der Waals surface area contributed by atoms with Gasteiger partial charge in [-0.05, 0) is 49.8 Å². The molecule has 25 heavy (non-hydrogen) atoms. The average molecular weight is 365 g/mol. The standard InChI is InChI=1S/C21H36N2OS/c1-3-5-6-7-8-9-10-11-12-13-18-22-21(25)23-19-14-16-20(17-15-19)24-4-2/h14-17H,3-13,18H2,1-2H3,(H2,22,23,25). The van der Waals surface area contributed by atoms with Crippen molar-refractivity contribution in [2.75, 3.05) is 18.5 Å². The van der Waals surface area contributed by atoms with Crippen LogP contribution in [0.15, 0.2) is 24.3 Å². The van der Waals surface area contributed by atoms with Gasteiger partial charge in [-0.25, -0.2) is 0 Å². The van der Waals surface area contributed by atoms with E-state index >= 15 is 0 Å². The highest BCUT2D eigenvalue weighted by Crippen LogP contribution is 2.15. The van der Waals surface area contributed by atoms with Crippen LogP contribution >= 0.6 is 12.2 Å². The molecular formula is C21H36N2OS. The predicted molar refractivity (Wildman–Crippen MR) is 114 cm³/mol. The molecule has 0 fully saturated rings. The van der Waals surface area contributed by atoms with Crippen molar-refractivity contribution < 1.29 is 4.74 Å². The van der Waals surface area contributed by atoms with Crippen molar-refractivity contribution in [2.45, 2.75) is 78.1 Å². The molecule has 0 heterocycles. The van der Waals surface area contributed by atoms with E-state index in [1.165, 1.54) is 64.2 Å². The number of thiocarbonyl (C=S) groups is 1. The van der Waals surface area contributed by atoms with Crippen LogP contribution in [-0.2, 0) is 0 Å². The molecule has 4 heteroatoms. The number of unbranched alkanes of at least 4 members (excludes halogenated alkanes) is 9. The third-order valence-corrected chi connectivity index (χ3v) is 4.49. The van der Waals surface area contributed by atoms with Crippen LogP contribution in [-0.4, -0.2) is 18.3 Å². The SMILES string of the molecule is CCCCCCCCCCCCNC(=S)Nc1ccc(OCC)cc1. The molecule has 0 bridgehead atoms. The molecule has 0 atom stereocenters. The third-order valence-electron chi connectivity index (χ3n) is 4.24. The van der Waals surface area contributed by atoms with E-state index in [2.05, 4.69) is 17.6 Å². The Morgan fingerprint density at radius 2 is 1.40 bits per heavy atom. The maximum Gasteiger partial charge on any atom is 0.170 e. The van der Waals surface area contributed by atoms with E-state index in [9.17, 15) is 0 Å². The summed E-state index contributed by atoms with van der Waals surface area (Å²) in [5, 5.41) is 7.19. The summed E-state index contributed by atoms with van der Waals surface area (Å²) in [6.45, 7) is 5.89. The Morgan fingerprint density at radius 1 is 0.840 bits per heavy atom. The van der Waals surface area contributed by atoms with Crippen LogP contribution in [0, 0.1) is 0 Å². The van der Waals surface area contributed by atoms with Crippen molar-refractivity contribution in [1.29, 1.82) is 0 Å². The topological polar surface area (TPSA) is 33.3 Å². The minimum absolute atomic E-state index is 0.686. The van der Waals surface area contributed by atoms with Crippen molar-refractivity contribution in [1.82, 2.24) is 5.32 Å². The van der Waals surface area contributed by atoms with Crippen molar-refractivity contribution in [2.24, 2.45) is 0 Å². The van der Waals surface area contributed by atoms with Gasteiger partial charge in [0.2, 0.25) is 0 Å². The van der Waals surface area contributed by atoms with Gasteiger partial charge in [0.15, 0.2) is 5.11 Å². The molecule has 0 aliphatic heterocycles. The Kier molecular flexibility index (Phi) is 13.1. The van der Waals surface area contributed by atoms with Gasteiger partial charge in [0.1, 0.15) is 5.75 Å². The van der Waals surface area contributed by atoms with Crippen LogP contribution < -0.4 is 15.4 Å². The fourth-order valence-electron chi connectivity index (χ4n) is 2.79. The Balaban J connectivity index is 1.96. The maximum absolute atomic E-state index is 5.43. The highest BCUT2D eigenvalue weighted by atomic mass is 32.1. The number of hydrogen-bond acceptors (Lipinski definition) is 2. The summed E-state index contributed by atoms with van der Waals surface area (Å²) in [6, 6.07) is 7.88. The largest absolute Gasteiger partial charge is 0.494 e. The molecule has 0 spiro atoms. The fourth-order valence-corrected chi connectivity index (χ4v) is 3.01. The van der Waals surface area contributed by atoms with Crippen molar-refractivity contribution in [3.05, 3.63) is 24.3 Å². The molecule has 0 saturated carbocycles. The lowest BCUT2D eigenvalue weighted by atomic mass is 10.1. The van der Waals surface area contributed by atoms with Crippen molar-refractivity contribution in [3.63, 3.8) is 0 Å². The van der Waals surface area contributed by atoms with Gasteiger partial charge in [-0.1, -0.05) is 64.7 Å². The minimum Gasteiger partial charge on any atom is -0.494 e. The molecule has 0 aromatic heterocycles. The molecule has 0 unspecified atom stereocenters. The van der Waals surface area contributed by atoms with Crippen LogP contribution in [0.3, 0.4) is 0 Å². The number of rotatable bonds is 14. The Morgan fingerprint density at radius 3 is 1.96 bits per heavy atom. The first-order valence-electron chi connectivity index (χ1n) is 10.0. The highest BCUT2D eigenvalue weighted by Gasteiger charge is 1.98. The lowest BCUT2D eigenvalue weighted by molar-refractivity contribution is 0.340. The van der Waals surface area contributed by atoms with Gasteiger partial charge in [-0.15, -0.1) is 0 Å². The Hall–Kier alpha value is -1.29. The van der Waals surface area contributed by atoms with Gasteiger partial charge in [-0.3, -0.25) is 0 Å². The first kappa shape index (κ1) is 21.8. The second-order valence-corrected chi connectivity index (χ2v) is 6.93. The molecule has 0 saturated heterocycles. The van der Waals surface area contributed by atoms with E-state index in [-0.39, 0.29) is 0 Å². The average Bonchev–Trinajstić information content (AvgIpc) is 2.61. The summed E-state index contributed by atoms with van der Waals surface area (Å²) >= 11 is 5.34. The van der Waals surface area contributed by atoms with Gasteiger partial charge in [-0.2, -0.15) is 0 Å². The molecule has 1 aromatic carbocycles. The van der Waals surface area contributed by atoms with E-state index in [1.807, 2.05) is 31.2 Å². The third kappa shape index (κ3) is 11.8. The second-order valence-electron chi connectivity index (χ2n) is 6.52. The zero-order valence-electron chi connectivity index (χ0n) is 16.1. The Labute approximate surface area is 159 Å². The zero-order chi connectivity index (χ0) is 18.2. The molecule has 0 aliphatic rings. The number of anilines is 1. The van der Waals surface area contributed by atoms with E-state index in [1.54, 1.807) is 0 Å². The van der Waals surface area contributed by atoms with Crippen LogP contribution in [0.1, 0.15) is 78.1 Å². The molecule has 1 rings (SSSR count). The number of ether oxygens (including phenoxy) is 1. The van der Waals surface area contributed by atoms with Gasteiger partial charge in [0, 0.05) is 12.2 Å². The summed E-state index contributed by atoms with van der Waals surface area (Å²) < 4.78 is 5.43. The van der Waals surface area contributed by atoms with Crippen LogP contribution in [0.4, 0.5) is 5.69 Å². The highest BCUT2D eigenvalue weighted by molar-refractivity contribution is 7.80. The molecule has 0 amide bonds. The summed E-state index contributed by atoms with van der Waals surface area (Å²) in [6.07, 6.45) is 13.6. The van der Waals surface area contributed by atoms with E-state index in [0.717, 1.165) is 18.0 Å². The quantitative estimate of drug-likeness (QED) is 0.300. The van der Waals surface area contributed by atoms with E-state index in [4.69, 9.17) is 17.0 Å². The Bertz CT molecular complexity index is 448. The molecule has 2 N–H and O–H groups in total. The van der Waals surface area contributed by atoms with Crippen LogP contribution in [0.25, 0.3) is 0 Å². The summed E-state index contributed by atoms with van der Waals surface area (Å²) in [5.74, 6) is 0.886. The molecule has 0 aliphatic carbocycles. The molecular weight excluding hydrogens is 328 g/mol. The van der Waals surface area contributed by atoms with E-state index < -0.39 is 0 Å². The number of benzene rings is 1. The molecule has 1 aromatic rings. The zero-order valence-corrected chi connectivity index (χ0v) is 16.9. The van der Waals surface area contributed by atoms with E-state index in [0.29, 0.717) is 11.7 Å². The smallest absolute Gasteiger partial charge is 0.170 e. The molecule has 3 nitrogen and oxygen atoms in total. The summed E-state index contributed by atoms with van der Waals surface area (Å²) in [7, 11) is 0. The maximum atomic E-state index is 5.43. The predicted octanol–water partition coefficient (Wildman–Crippen LogP) is 6.29. The first-order valence-corrected chi connectivity index (χ1v) is 10.4. The number of hydrogen-bond donors (Lipinski definition) is 2. The number of nitrogens with one attached hydrogen (secondary N) is 2. The first-order chi connectivity index (χ1) is 12.3. The second kappa shape index (κ2) is 15.0. The van der Waals surface area contributed by atoms with Crippen LogP contribution in [0.2, 0.25) is 0 Å². The molecule has 0 radical (unpaired) electrons. The van der Waals surface area contributed by atoms with Gasteiger partial charge in [0.05, 0.1) is 6.61 Å². The van der Waals surface area contributed by atoms with Gasteiger partial charge < -0.3 is 15.4 Å². The van der Waals surface area contributed by atoms with Gasteiger partial charge in [0.25, 0.3) is 0 Å². The van der Waals surface area contributed by atoms with Crippen molar-refractivity contribution >= 4 is 23.0 Å².